The summed E-state index contributed by atoms with van der Waals surface area (Å²) in [4.78, 5) is 50.7. The summed E-state index contributed by atoms with van der Waals surface area (Å²) in [6.07, 6.45) is 30.3. The normalized spacial score (nSPS) is 21.0. The molecule has 0 heterocycles. The van der Waals surface area contributed by atoms with Gasteiger partial charge in [0.15, 0.2) is 23.8 Å². The lowest BCUT2D eigenvalue weighted by molar-refractivity contribution is -0.156. The summed E-state index contributed by atoms with van der Waals surface area (Å²) in [6, 6.07) is 0. The van der Waals surface area contributed by atoms with Gasteiger partial charge in [-0.3, -0.25) is 14.4 Å². The van der Waals surface area contributed by atoms with Crippen LogP contribution in [0.5, 0.6) is 0 Å². The smallest absolute Gasteiger partial charge is 0.407 e. The van der Waals surface area contributed by atoms with Crippen molar-refractivity contribution in [3.8, 4) is 0 Å². The van der Waals surface area contributed by atoms with Crippen molar-refractivity contribution in [1.29, 1.82) is 0 Å². The Kier molecular flexibility index (Phi) is 21.2. The zero-order valence-electron chi connectivity index (χ0n) is 37.4. The lowest BCUT2D eigenvalue weighted by atomic mass is 9.71. The molecule has 0 aromatic carbocycles. The average molecular weight is 810 g/mol. The van der Waals surface area contributed by atoms with Crippen molar-refractivity contribution in [1.82, 2.24) is 5.32 Å². The maximum Gasteiger partial charge on any atom is 0.407 e. The predicted octanol–water partition coefficient (Wildman–Crippen LogP) is 10.1. The number of amides is 1. The van der Waals surface area contributed by atoms with Gasteiger partial charge >= 0.3 is 12.1 Å². The first-order chi connectivity index (χ1) is 27.8. The molecule has 0 radical (unpaired) electrons. The van der Waals surface area contributed by atoms with E-state index in [0.29, 0.717) is 50.0 Å². The predicted molar refractivity (Wildman–Crippen MR) is 242 cm³/mol. The van der Waals surface area contributed by atoms with E-state index in [1.807, 2.05) is 120 Å². The summed E-state index contributed by atoms with van der Waals surface area (Å²) in [7, 11) is 0. The van der Waals surface area contributed by atoms with E-state index in [2.05, 4.69) is 33.0 Å². The van der Waals surface area contributed by atoms with Gasteiger partial charge in [-0.1, -0.05) is 135 Å². The SMILES string of the molecule is CC1=C(/C=C/C(C)=C/C=C/C(C)=C/C=C/C=C(C)/C=C/C=C(C)/C=C/C2=C(C)C(=O)C(OC(=O)NCCCCN)CC2(C)C)C(C)(C)CC(OC(=O)CCCCN)C1=O. The van der Waals surface area contributed by atoms with Crippen molar-refractivity contribution >= 4 is 23.6 Å². The van der Waals surface area contributed by atoms with Crippen molar-refractivity contribution in [2.24, 2.45) is 22.3 Å². The molecular formula is C50H71N3O6. The summed E-state index contributed by atoms with van der Waals surface area (Å²) in [5.74, 6) is -0.629. The molecule has 0 aromatic rings. The van der Waals surface area contributed by atoms with Gasteiger partial charge in [0.25, 0.3) is 0 Å². The largest absolute Gasteiger partial charge is 0.454 e. The number of ketones is 2. The highest BCUT2D eigenvalue weighted by Gasteiger charge is 2.41. The Morgan fingerprint density at radius 1 is 0.627 bits per heavy atom. The lowest BCUT2D eigenvalue weighted by Crippen LogP contribution is -2.41. The van der Waals surface area contributed by atoms with Crippen molar-refractivity contribution in [2.75, 3.05) is 19.6 Å². The first-order valence-corrected chi connectivity index (χ1v) is 21.0. The highest BCUT2D eigenvalue weighted by molar-refractivity contribution is 6.02. The minimum atomic E-state index is -0.803. The minimum absolute atomic E-state index is 0.127. The van der Waals surface area contributed by atoms with Crippen LogP contribution in [-0.4, -0.2) is 55.5 Å². The van der Waals surface area contributed by atoms with E-state index in [-0.39, 0.29) is 34.8 Å². The van der Waals surface area contributed by atoms with Gasteiger partial charge in [-0.05, 0) is 113 Å². The molecule has 59 heavy (non-hydrogen) atoms. The molecule has 2 atom stereocenters. The Morgan fingerprint density at radius 2 is 1.03 bits per heavy atom. The minimum Gasteiger partial charge on any atom is -0.454 e. The summed E-state index contributed by atoms with van der Waals surface area (Å²) < 4.78 is 11.1. The molecule has 5 N–H and O–H groups in total. The molecular weight excluding hydrogens is 739 g/mol. The second kappa shape index (κ2) is 24.9. The van der Waals surface area contributed by atoms with E-state index in [0.717, 1.165) is 52.7 Å². The summed E-state index contributed by atoms with van der Waals surface area (Å²) in [5.41, 5.74) is 17.8. The number of nitrogens with two attached hydrogens (primary N) is 2. The third kappa shape index (κ3) is 17.5. The van der Waals surface area contributed by atoms with Gasteiger partial charge < -0.3 is 26.3 Å². The van der Waals surface area contributed by atoms with E-state index in [1.54, 1.807) is 6.92 Å². The molecule has 9 nitrogen and oxygen atoms in total. The maximum absolute atomic E-state index is 13.1. The molecule has 2 unspecified atom stereocenters. The van der Waals surface area contributed by atoms with E-state index in [9.17, 15) is 19.2 Å². The zero-order valence-corrected chi connectivity index (χ0v) is 37.4. The summed E-state index contributed by atoms with van der Waals surface area (Å²) in [6.45, 7) is 21.6. The van der Waals surface area contributed by atoms with E-state index >= 15 is 0 Å². The molecule has 0 aliphatic heterocycles. The number of unbranched alkanes of at least 4 members (excludes halogenated alkanes) is 2. The fraction of sp³-hybridized carbons (Fsp3) is 0.480. The zero-order chi connectivity index (χ0) is 44.2. The second-order valence-electron chi connectivity index (χ2n) is 16.9. The molecule has 2 aliphatic carbocycles. The Bertz CT molecular complexity index is 1850. The molecule has 0 aromatic heterocycles. The lowest BCUT2D eigenvalue weighted by Gasteiger charge is -2.36. The van der Waals surface area contributed by atoms with Crippen LogP contribution in [0.3, 0.4) is 0 Å². The van der Waals surface area contributed by atoms with Crippen LogP contribution in [0.1, 0.15) is 114 Å². The van der Waals surface area contributed by atoms with E-state index in [1.165, 1.54) is 0 Å². The number of nitrogens with one attached hydrogen (secondary N) is 1. The van der Waals surface area contributed by atoms with Crippen molar-refractivity contribution in [3.63, 3.8) is 0 Å². The molecule has 1 amide bonds. The van der Waals surface area contributed by atoms with Crippen LogP contribution >= 0.6 is 0 Å². The number of hydrogen-bond donors (Lipinski definition) is 3. The fourth-order valence-electron chi connectivity index (χ4n) is 7.02. The standard InChI is InChI=1S/C50H71N3O6/c1-35(21-17-23-37(3)26-28-41-39(5)46(55)43(33-49(41,7)8)58-45(54)25-13-14-30-51)19-11-12-20-36(2)22-18-24-38(4)27-29-42-40(6)47(56)44(34-50(42,9)10)59-48(57)53-32-16-15-31-52/h11-12,17-24,26-29,43-44H,13-16,25,30-34,51-52H2,1-10H3,(H,53,57)/b12-11+,21-17+,22-18+,28-26+,29-27+,35-19+,36-20+,37-23+,38-24+. The quantitative estimate of drug-likeness (QED) is 0.0625. The first-order valence-electron chi connectivity index (χ1n) is 21.0. The van der Waals surface area contributed by atoms with Crippen LogP contribution in [0.4, 0.5) is 4.79 Å². The number of alkyl carbamates (subject to hydrolysis) is 1. The topological polar surface area (TPSA) is 151 Å². The maximum atomic E-state index is 13.1. The first kappa shape index (κ1) is 50.3. The van der Waals surface area contributed by atoms with Crippen LogP contribution in [0.2, 0.25) is 0 Å². The van der Waals surface area contributed by atoms with Crippen LogP contribution < -0.4 is 16.8 Å². The molecule has 2 aliphatic rings. The van der Waals surface area contributed by atoms with Crippen LogP contribution in [0.25, 0.3) is 0 Å². The third-order valence-corrected chi connectivity index (χ3v) is 10.5. The number of carbonyl (C=O) groups is 4. The Hall–Kier alpha value is -4.86. The Morgan fingerprint density at radius 3 is 1.49 bits per heavy atom. The monoisotopic (exact) mass is 810 g/mol. The Labute approximate surface area is 354 Å². The summed E-state index contributed by atoms with van der Waals surface area (Å²) in [5, 5.41) is 2.71. The molecule has 0 fully saturated rings. The second-order valence-corrected chi connectivity index (χ2v) is 16.9. The van der Waals surface area contributed by atoms with Crippen molar-refractivity contribution < 1.29 is 28.7 Å². The van der Waals surface area contributed by atoms with E-state index in [4.69, 9.17) is 20.9 Å². The number of ether oxygens (including phenoxy) is 2. The highest BCUT2D eigenvalue weighted by atomic mass is 16.6. The molecule has 0 saturated carbocycles. The highest BCUT2D eigenvalue weighted by Crippen LogP contribution is 2.42. The molecule has 0 saturated heterocycles. The number of esters is 1. The van der Waals surface area contributed by atoms with Crippen LogP contribution in [-0.2, 0) is 23.9 Å². The molecule has 0 bridgehead atoms. The summed E-state index contributed by atoms with van der Waals surface area (Å²) >= 11 is 0. The van der Waals surface area contributed by atoms with Crippen LogP contribution in [0.15, 0.2) is 130 Å². The van der Waals surface area contributed by atoms with Crippen LogP contribution in [0, 0.1) is 10.8 Å². The van der Waals surface area contributed by atoms with Gasteiger partial charge in [0.2, 0.25) is 0 Å². The molecule has 9 heteroatoms. The van der Waals surface area contributed by atoms with Gasteiger partial charge in [0.1, 0.15) is 0 Å². The number of Topliss-reactive ketones (excluding diaryl/α,β-unsaturated/α-hetero) is 2. The molecule has 322 valence electrons. The number of carbonyl (C=O) groups excluding carboxylic acids is 4. The fourth-order valence-corrected chi connectivity index (χ4v) is 7.02. The van der Waals surface area contributed by atoms with Gasteiger partial charge in [0.05, 0.1) is 0 Å². The molecule has 0 spiro atoms. The number of allylic oxidation sites excluding steroid dienone is 20. The average Bonchev–Trinajstić information content (AvgIpc) is 3.15. The van der Waals surface area contributed by atoms with E-state index < -0.39 is 18.3 Å². The van der Waals surface area contributed by atoms with Crippen molar-refractivity contribution in [3.05, 3.63) is 130 Å². The number of hydrogen-bond acceptors (Lipinski definition) is 8. The Balaban J connectivity index is 1.95. The van der Waals surface area contributed by atoms with Gasteiger partial charge in [-0.25, -0.2) is 4.79 Å². The van der Waals surface area contributed by atoms with Gasteiger partial charge in [0, 0.05) is 25.8 Å². The molecule has 2 rings (SSSR count). The number of rotatable bonds is 20. The van der Waals surface area contributed by atoms with Crippen molar-refractivity contribution in [2.45, 2.75) is 126 Å². The van der Waals surface area contributed by atoms with Gasteiger partial charge in [-0.2, -0.15) is 0 Å². The van der Waals surface area contributed by atoms with Gasteiger partial charge in [-0.15, -0.1) is 0 Å². The third-order valence-electron chi connectivity index (χ3n) is 10.5.